The van der Waals surface area contributed by atoms with Gasteiger partial charge >= 0.3 is 0 Å². The van der Waals surface area contributed by atoms with E-state index in [2.05, 4.69) is 27.7 Å². The molecule has 0 saturated carbocycles. The Morgan fingerprint density at radius 2 is 1.13 bits per heavy atom. The summed E-state index contributed by atoms with van der Waals surface area (Å²) in [6.07, 6.45) is 1.23. The van der Waals surface area contributed by atoms with Crippen molar-refractivity contribution in [1.29, 1.82) is 0 Å². The monoisotopic (exact) mass is 924 g/mol. The van der Waals surface area contributed by atoms with Crippen LogP contribution in [-0.2, 0) is 108 Å². The van der Waals surface area contributed by atoms with Crippen molar-refractivity contribution in [3.8, 4) is 0 Å². The summed E-state index contributed by atoms with van der Waals surface area (Å²) in [5.41, 5.74) is 5.80. The molecule has 2 radical (unpaired) electrons. The van der Waals surface area contributed by atoms with E-state index >= 15 is 0 Å². The minimum Gasteiger partial charge on any atom is -0.340 e. The molecule has 14 nitrogen and oxygen atoms in total. The fraction of sp³-hybridized carbons (Fsp3) is 0.257. The predicted molar refractivity (Wildman–Crippen MR) is 197 cm³/mol. The first-order valence-corrected chi connectivity index (χ1v) is 18.5. The molecule has 1 aliphatic heterocycles. The molecule has 2 amide bonds. The number of benzene rings is 3. The third kappa shape index (κ3) is 17.1. The Labute approximate surface area is 364 Å². The molecule has 4 rings (SSSR count). The van der Waals surface area contributed by atoms with Crippen LogP contribution in [0.2, 0.25) is 0 Å². The van der Waals surface area contributed by atoms with Crippen molar-refractivity contribution in [2.75, 3.05) is 27.2 Å². The second kappa shape index (κ2) is 27.0. The number of nitrogens with zero attached hydrogens (tertiary/aromatic N) is 2. The summed E-state index contributed by atoms with van der Waals surface area (Å²) < 4.78 is 50.9. The summed E-state index contributed by atoms with van der Waals surface area (Å²) in [7, 11) is -6.01. The van der Waals surface area contributed by atoms with Gasteiger partial charge < -0.3 is 37.3 Å². The fourth-order valence-electron chi connectivity index (χ4n) is 4.25. The van der Waals surface area contributed by atoms with Crippen molar-refractivity contribution in [1.82, 2.24) is 11.0 Å². The number of carbonyl (C=O) groups is 4. The summed E-state index contributed by atoms with van der Waals surface area (Å²) in [6, 6.07) is 18.2. The topological polar surface area (TPSA) is 208 Å². The van der Waals surface area contributed by atoms with Crippen LogP contribution in [0.25, 0.3) is 0 Å². The van der Waals surface area contributed by atoms with Gasteiger partial charge in [0.1, 0.15) is 0 Å². The first kappa shape index (κ1) is 54.7. The van der Waals surface area contributed by atoms with Gasteiger partial charge in [0.2, 0.25) is 20.0 Å². The summed E-state index contributed by atoms with van der Waals surface area (Å²) in [5, 5.41) is 17.6. The summed E-state index contributed by atoms with van der Waals surface area (Å²) in [5.74, 6) is -2.36. The van der Waals surface area contributed by atoms with Crippen molar-refractivity contribution >= 4 is 60.5 Å². The number of hydrogen-bond donors (Lipinski definition) is 4. The van der Waals surface area contributed by atoms with Crippen molar-refractivity contribution in [3.05, 3.63) is 117 Å². The Balaban J connectivity index is -0.000000755. The van der Waals surface area contributed by atoms with Crippen LogP contribution in [0, 0.1) is 27.7 Å². The van der Waals surface area contributed by atoms with Gasteiger partial charge in [0.05, 0.1) is 28.2 Å². The van der Waals surface area contributed by atoms with Crippen LogP contribution in [0.1, 0.15) is 59.5 Å². The predicted octanol–water partition coefficient (Wildman–Crippen LogP) is 4.45. The van der Waals surface area contributed by atoms with E-state index in [0.29, 0.717) is 18.5 Å². The number of anilines is 3. The fourth-order valence-corrected chi connectivity index (χ4v) is 6.14. The van der Waals surface area contributed by atoms with Gasteiger partial charge in [0, 0.05) is 72.5 Å². The van der Waals surface area contributed by atoms with Crippen molar-refractivity contribution in [2.24, 2.45) is 0 Å². The number of fused-ring (bicyclic) bond motifs is 2. The quantitative estimate of drug-likeness (QED) is 0.149. The SMILES string of the molecule is CC.[CH2-]C(C)=O.[CH2-]C(C)=O.[CH2-]CS(=O)(=O)N(C)c1ccccc1C(=O)NO.[CH2-]CS(=O)(=O)N1c2ccccc2CCc2cccc(C(=O)NO)c21.[Y].[Y]. The minimum absolute atomic E-state index is 0. The summed E-state index contributed by atoms with van der Waals surface area (Å²) >= 11 is 0. The molecule has 18 heteroatoms. The molecule has 0 aromatic heterocycles. The van der Waals surface area contributed by atoms with Gasteiger partial charge in [-0.2, -0.15) is 0 Å². The van der Waals surface area contributed by atoms with E-state index in [9.17, 15) is 36.0 Å². The standard InChI is InChI=1S/C17H17N2O4S.C10H13N2O4S.2C3H5O.C2H6.2Y/c1-2-24(22,23)19-15-9-4-3-6-12(15)10-11-13-7-5-8-14(16(13)19)17(20)18-21;1-3-17(15,16)12(2)9-7-5-4-6-8(9)10(13)11-14;2*1-3(2)4;1-2;;/h3-9,21H,1-2,10-11H2,(H,18,20);4-7,14H,1,3H2,2H3,(H,11,13);2*1H2,2H3;1-2H3;;/q4*-1;;;. The Morgan fingerprint density at radius 1 is 0.717 bits per heavy atom. The Kier molecular flexibility index (Phi) is 27.8. The molecule has 0 atom stereocenters. The molecular formula is C35H46N4O10S2Y2-4. The number of Topliss-reactive ketones (excluding diaryl/α,β-unsaturated/α-hetero) is 2. The van der Waals surface area contributed by atoms with Crippen LogP contribution in [0.15, 0.2) is 66.7 Å². The molecule has 288 valence electrons. The first-order valence-electron chi connectivity index (χ1n) is 15.3. The normalized spacial score (nSPS) is 10.8. The van der Waals surface area contributed by atoms with Gasteiger partial charge in [-0.25, -0.2) is 32.1 Å². The second-order valence-electron chi connectivity index (χ2n) is 10.1. The number of amides is 2. The number of aryl methyl sites for hydroxylation is 2. The van der Waals surface area contributed by atoms with Gasteiger partial charge in [-0.1, -0.05) is 67.8 Å². The number of sulfonamides is 2. The molecule has 0 fully saturated rings. The number of hydroxylamine groups is 2. The Morgan fingerprint density at radius 3 is 1.62 bits per heavy atom. The van der Waals surface area contributed by atoms with Crippen LogP contribution in [0.4, 0.5) is 17.1 Å². The van der Waals surface area contributed by atoms with E-state index in [0.717, 1.165) is 15.4 Å². The largest absolute Gasteiger partial charge is 0.340 e. The molecule has 4 N–H and O–H groups in total. The number of para-hydroxylation sites is 3. The second-order valence-corrected chi connectivity index (χ2v) is 14.2. The summed E-state index contributed by atoms with van der Waals surface area (Å²) in [4.78, 5) is 42.1. The third-order valence-corrected chi connectivity index (χ3v) is 9.34. The smallest absolute Gasteiger partial charge is 0.276 e. The zero-order chi connectivity index (χ0) is 39.5. The van der Waals surface area contributed by atoms with Crippen LogP contribution in [-0.4, -0.2) is 69.2 Å². The average molecular weight is 925 g/mol. The van der Waals surface area contributed by atoms with E-state index in [1.165, 1.54) is 48.9 Å². The van der Waals surface area contributed by atoms with Gasteiger partial charge in [0.25, 0.3) is 11.8 Å². The number of nitrogens with one attached hydrogen (secondary N) is 2. The minimum atomic E-state index is -3.78. The number of carbonyl (C=O) groups excluding carboxylic acids is 4. The molecule has 1 heterocycles. The summed E-state index contributed by atoms with van der Waals surface area (Å²) in [6.45, 7) is 19.7. The van der Waals surface area contributed by atoms with E-state index in [1.807, 2.05) is 26.0 Å². The van der Waals surface area contributed by atoms with Crippen LogP contribution >= 0.6 is 0 Å². The average Bonchev–Trinajstić information content (AvgIpc) is 3.28. The van der Waals surface area contributed by atoms with Crippen LogP contribution in [0.3, 0.4) is 0 Å². The maximum Gasteiger partial charge on any atom is 0.276 e. The molecule has 0 unspecified atom stereocenters. The Bertz CT molecular complexity index is 1840. The molecule has 0 bridgehead atoms. The zero-order valence-corrected chi connectivity index (χ0v) is 37.8. The molecule has 0 aliphatic carbocycles. The van der Waals surface area contributed by atoms with E-state index in [4.69, 9.17) is 10.4 Å². The number of ketones is 2. The van der Waals surface area contributed by atoms with Crippen LogP contribution in [0.5, 0.6) is 0 Å². The van der Waals surface area contributed by atoms with E-state index in [-0.39, 0.29) is 111 Å². The van der Waals surface area contributed by atoms with Gasteiger partial charge in [-0.15, -0.1) is 0 Å². The molecule has 3 aromatic rings. The number of hydrogen-bond acceptors (Lipinski definition) is 10. The maximum atomic E-state index is 12.8. The van der Waals surface area contributed by atoms with Crippen LogP contribution < -0.4 is 19.6 Å². The number of rotatable bonds is 7. The van der Waals surface area contributed by atoms with Gasteiger partial charge in [-0.05, 0) is 73.6 Å². The van der Waals surface area contributed by atoms with Crippen molar-refractivity contribution in [2.45, 2.75) is 40.5 Å². The molecule has 0 spiro atoms. The van der Waals surface area contributed by atoms with Gasteiger partial charge in [0.15, 0.2) is 0 Å². The van der Waals surface area contributed by atoms with Crippen molar-refractivity contribution < 1.29 is 112 Å². The van der Waals surface area contributed by atoms with Gasteiger partial charge in [-0.3, -0.25) is 24.3 Å². The molecule has 53 heavy (non-hydrogen) atoms. The van der Waals surface area contributed by atoms with E-state index < -0.39 is 31.9 Å². The third-order valence-electron chi connectivity index (χ3n) is 6.34. The molecular weight excluding hydrogens is 878 g/mol. The molecule has 1 aliphatic rings. The molecule has 3 aromatic carbocycles. The zero-order valence-electron chi connectivity index (χ0n) is 30.5. The van der Waals surface area contributed by atoms with E-state index in [1.54, 1.807) is 41.9 Å². The molecule has 0 saturated heterocycles. The Hall–Kier alpha value is -2.69. The van der Waals surface area contributed by atoms with Crippen molar-refractivity contribution in [3.63, 3.8) is 0 Å². The first-order chi connectivity index (χ1) is 23.9. The maximum absolute atomic E-state index is 12.8.